The third kappa shape index (κ3) is 6.76. The zero-order chi connectivity index (χ0) is 15.7. The number of unbranched alkanes of at least 4 members (excludes halogenated alkanes) is 3. The van der Waals surface area contributed by atoms with Crippen LogP contribution in [0.3, 0.4) is 0 Å². The van der Waals surface area contributed by atoms with E-state index in [9.17, 15) is 4.79 Å². The standard InChI is InChI=1S/C18H30N2O/c1-18(2,3)17(15-11-7-6-8-12-15)20-16(21)13-9-4-5-10-14-19/h6-8,11-12,17H,4-5,9-10,13-14,19H2,1-3H3,(H,20,21). The lowest BCUT2D eigenvalue weighted by atomic mass is 9.82. The highest BCUT2D eigenvalue weighted by molar-refractivity contribution is 5.76. The molecule has 1 amide bonds. The molecule has 0 aliphatic heterocycles. The number of benzene rings is 1. The van der Waals surface area contributed by atoms with Crippen LogP contribution in [0.2, 0.25) is 0 Å². The van der Waals surface area contributed by atoms with E-state index in [-0.39, 0.29) is 17.4 Å². The van der Waals surface area contributed by atoms with Crippen LogP contribution in [0.25, 0.3) is 0 Å². The minimum atomic E-state index is -0.00341. The Morgan fingerprint density at radius 2 is 1.71 bits per heavy atom. The van der Waals surface area contributed by atoms with Gasteiger partial charge in [-0.2, -0.15) is 0 Å². The van der Waals surface area contributed by atoms with Gasteiger partial charge in [-0.3, -0.25) is 4.79 Å². The molecule has 0 heterocycles. The smallest absolute Gasteiger partial charge is 0.220 e. The van der Waals surface area contributed by atoms with Gasteiger partial charge in [0.05, 0.1) is 6.04 Å². The van der Waals surface area contributed by atoms with Gasteiger partial charge in [-0.05, 0) is 30.4 Å². The van der Waals surface area contributed by atoms with Crippen molar-refractivity contribution in [1.29, 1.82) is 0 Å². The van der Waals surface area contributed by atoms with Crippen molar-refractivity contribution in [3.8, 4) is 0 Å². The first kappa shape index (κ1) is 17.7. The summed E-state index contributed by atoms with van der Waals surface area (Å²) in [6.45, 7) is 7.22. The number of hydrogen-bond donors (Lipinski definition) is 2. The van der Waals surface area contributed by atoms with E-state index in [1.54, 1.807) is 0 Å². The van der Waals surface area contributed by atoms with Crippen molar-refractivity contribution >= 4 is 5.91 Å². The molecule has 1 atom stereocenters. The molecule has 0 saturated heterocycles. The predicted molar refractivity (Wildman–Crippen MR) is 88.9 cm³/mol. The van der Waals surface area contributed by atoms with Crippen LogP contribution in [-0.4, -0.2) is 12.5 Å². The average Bonchev–Trinajstić information content (AvgIpc) is 2.44. The Morgan fingerprint density at radius 3 is 2.29 bits per heavy atom. The summed E-state index contributed by atoms with van der Waals surface area (Å²) in [4.78, 5) is 12.2. The molecule has 21 heavy (non-hydrogen) atoms. The molecule has 0 aromatic heterocycles. The van der Waals surface area contributed by atoms with Crippen LogP contribution < -0.4 is 11.1 Å². The molecule has 0 aliphatic rings. The van der Waals surface area contributed by atoms with Crippen molar-refractivity contribution in [1.82, 2.24) is 5.32 Å². The number of nitrogens with one attached hydrogen (secondary N) is 1. The molecule has 118 valence electrons. The molecule has 3 N–H and O–H groups in total. The first-order chi connectivity index (χ1) is 9.95. The van der Waals surface area contributed by atoms with Gasteiger partial charge in [0, 0.05) is 6.42 Å². The van der Waals surface area contributed by atoms with Crippen LogP contribution in [-0.2, 0) is 4.79 Å². The molecular formula is C18H30N2O. The Balaban J connectivity index is 2.52. The van der Waals surface area contributed by atoms with E-state index >= 15 is 0 Å². The van der Waals surface area contributed by atoms with Crippen LogP contribution >= 0.6 is 0 Å². The molecule has 1 rings (SSSR count). The van der Waals surface area contributed by atoms with Gasteiger partial charge >= 0.3 is 0 Å². The Hall–Kier alpha value is -1.35. The molecule has 3 heteroatoms. The van der Waals surface area contributed by atoms with Gasteiger partial charge in [-0.1, -0.05) is 63.9 Å². The van der Waals surface area contributed by atoms with Gasteiger partial charge < -0.3 is 11.1 Å². The summed E-state index contributed by atoms with van der Waals surface area (Å²) < 4.78 is 0. The van der Waals surface area contributed by atoms with Gasteiger partial charge in [0.1, 0.15) is 0 Å². The average molecular weight is 290 g/mol. The molecule has 0 fully saturated rings. The first-order valence-corrected chi connectivity index (χ1v) is 7.99. The maximum absolute atomic E-state index is 12.2. The maximum Gasteiger partial charge on any atom is 0.220 e. The normalized spacial score (nSPS) is 13.0. The van der Waals surface area contributed by atoms with Gasteiger partial charge in [-0.25, -0.2) is 0 Å². The topological polar surface area (TPSA) is 55.1 Å². The summed E-state index contributed by atoms with van der Waals surface area (Å²) in [5.74, 6) is 0.145. The zero-order valence-corrected chi connectivity index (χ0v) is 13.7. The van der Waals surface area contributed by atoms with Gasteiger partial charge in [0.25, 0.3) is 0 Å². The number of carbonyl (C=O) groups excluding carboxylic acids is 1. The summed E-state index contributed by atoms with van der Waals surface area (Å²) in [6.07, 6.45) is 4.79. The minimum absolute atomic E-state index is 0.00341. The van der Waals surface area contributed by atoms with Crippen LogP contribution in [0.15, 0.2) is 30.3 Å². The molecular weight excluding hydrogens is 260 g/mol. The Bertz CT molecular complexity index is 409. The fraction of sp³-hybridized carbons (Fsp3) is 0.611. The lowest BCUT2D eigenvalue weighted by molar-refractivity contribution is -0.122. The quantitative estimate of drug-likeness (QED) is 0.715. The summed E-state index contributed by atoms with van der Waals surface area (Å²) in [7, 11) is 0. The lowest BCUT2D eigenvalue weighted by Crippen LogP contribution is -2.36. The highest BCUT2D eigenvalue weighted by Crippen LogP contribution is 2.32. The van der Waals surface area contributed by atoms with Gasteiger partial charge in [0.15, 0.2) is 0 Å². The van der Waals surface area contributed by atoms with Crippen molar-refractivity contribution < 1.29 is 4.79 Å². The summed E-state index contributed by atoms with van der Waals surface area (Å²) in [5.41, 5.74) is 6.63. The second-order valence-corrected chi connectivity index (χ2v) is 6.73. The molecule has 3 nitrogen and oxygen atoms in total. The van der Waals surface area contributed by atoms with Crippen molar-refractivity contribution in [3.63, 3.8) is 0 Å². The summed E-state index contributed by atoms with van der Waals surface area (Å²) >= 11 is 0. The van der Waals surface area contributed by atoms with E-state index in [1.807, 2.05) is 18.2 Å². The largest absolute Gasteiger partial charge is 0.349 e. The van der Waals surface area contributed by atoms with E-state index in [0.717, 1.165) is 32.2 Å². The van der Waals surface area contributed by atoms with Crippen molar-refractivity contribution in [2.45, 2.75) is 58.9 Å². The van der Waals surface area contributed by atoms with E-state index in [4.69, 9.17) is 5.73 Å². The number of amides is 1. The highest BCUT2D eigenvalue weighted by atomic mass is 16.1. The Morgan fingerprint density at radius 1 is 1.10 bits per heavy atom. The third-order valence-corrected chi connectivity index (χ3v) is 3.66. The monoisotopic (exact) mass is 290 g/mol. The molecule has 0 bridgehead atoms. The number of hydrogen-bond acceptors (Lipinski definition) is 2. The molecule has 0 radical (unpaired) electrons. The van der Waals surface area contributed by atoms with Crippen molar-refractivity contribution in [2.24, 2.45) is 11.1 Å². The zero-order valence-electron chi connectivity index (χ0n) is 13.7. The number of rotatable bonds is 8. The van der Waals surface area contributed by atoms with E-state index < -0.39 is 0 Å². The molecule has 0 spiro atoms. The molecule has 0 saturated carbocycles. The van der Waals surface area contributed by atoms with Gasteiger partial charge in [0.2, 0.25) is 5.91 Å². The molecule has 0 aliphatic carbocycles. The van der Waals surface area contributed by atoms with E-state index in [2.05, 4.69) is 38.2 Å². The first-order valence-electron chi connectivity index (χ1n) is 7.99. The molecule has 1 aromatic rings. The van der Waals surface area contributed by atoms with Crippen LogP contribution in [0.5, 0.6) is 0 Å². The van der Waals surface area contributed by atoms with E-state index in [1.165, 1.54) is 5.56 Å². The lowest BCUT2D eigenvalue weighted by Gasteiger charge is -2.32. The molecule has 1 aromatic carbocycles. The third-order valence-electron chi connectivity index (χ3n) is 3.66. The number of nitrogens with two attached hydrogens (primary N) is 1. The highest BCUT2D eigenvalue weighted by Gasteiger charge is 2.27. The maximum atomic E-state index is 12.2. The fourth-order valence-electron chi connectivity index (χ4n) is 2.46. The van der Waals surface area contributed by atoms with Crippen LogP contribution in [0.1, 0.15) is 64.5 Å². The second kappa shape index (κ2) is 8.83. The van der Waals surface area contributed by atoms with Crippen molar-refractivity contribution in [2.75, 3.05) is 6.54 Å². The summed E-state index contributed by atoms with van der Waals surface area (Å²) in [5, 5.41) is 3.20. The predicted octanol–water partition coefficient (Wildman–Crippen LogP) is 3.80. The van der Waals surface area contributed by atoms with E-state index in [0.29, 0.717) is 6.42 Å². The fourth-order valence-corrected chi connectivity index (χ4v) is 2.46. The minimum Gasteiger partial charge on any atom is -0.349 e. The van der Waals surface area contributed by atoms with Gasteiger partial charge in [-0.15, -0.1) is 0 Å². The second-order valence-electron chi connectivity index (χ2n) is 6.73. The Labute approximate surface area is 129 Å². The molecule has 1 unspecified atom stereocenters. The summed E-state index contributed by atoms with van der Waals surface area (Å²) in [6, 6.07) is 10.3. The van der Waals surface area contributed by atoms with Crippen molar-refractivity contribution in [3.05, 3.63) is 35.9 Å². The SMILES string of the molecule is CC(C)(C)C(NC(=O)CCCCCCN)c1ccccc1. The Kier molecular flexibility index (Phi) is 7.44. The van der Waals surface area contributed by atoms with Crippen LogP contribution in [0.4, 0.5) is 0 Å². The number of carbonyl (C=O) groups is 1. The van der Waals surface area contributed by atoms with Crippen LogP contribution in [0, 0.1) is 5.41 Å².